The lowest BCUT2D eigenvalue weighted by Gasteiger charge is -2.08. The van der Waals surface area contributed by atoms with Gasteiger partial charge in [-0.15, -0.1) is 11.8 Å². The number of rotatable bonds is 8. The maximum absolute atomic E-state index is 3.48. The monoisotopic (exact) mass is 265 g/mol. The van der Waals surface area contributed by atoms with E-state index in [1.54, 1.807) is 0 Å². The molecule has 0 heterocycles. The summed E-state index contributed by atoms with van der Waals surface area (Å²) in [7, 11) is 0. The van der Waals surface area contributed by atoms with E-state index in [1.807, 2.05) is 11.8 Å². The molecule has 1 aromatic rings. The number of benzene rings is 1. The molecule has 1 N–H and O–H groups in total. The van der Waals surface area contributed by atoms with Crippen LogP contribution in [0.2, 0.25) is 0 Å². The first-order valence-corrected chi connectivity index (χ1v) is 8.01. The van der Waals surface area contributed by atoms with Gasteiger partial charge in [-0.3, -0.25) is 0 Å². The van der Waals surface area contributed by atoms with Gasteiger partial charge in [-0.25, -0.2) is 0 Å². The summed E-state index contributed by atoms with van der Waals surface area (Å²) in [4.78, 5) is 1.39. The minimum atomic E-state index is 0.629. The molecule has 0 amide bonds. The molecular weight excluding hydrogens is 238 g/mol. The van der Waals surface area contributed by atoms with E-state index < -0.39 is 0 Å². The lowest BCUT2D eigenvalue weighted by atomic mass is 10.0. The molecule has 0 aliphatic carbocycles. The highest BCUT2D eigenvalue weighted by Gasteiger charge is 1.99. The van der Waals surface area contributed by atoms with Gasteiger partial charge in [0.05, 0.1) is 0 Å². The van der Waals surface area contributed by atoms with Gasteiger partial charge < -0.3 is 5.32 Å². The Morgan fingerprint density at radius 2 is 1.72 bits per heavy atom. The summed E-state index contributed by atoms with van der Waals surface area (Å²) in [6.07, 6.45) is 1.24. The third-order valence-electron chi connectivity index (χ3n) is 2.87. The molecule has 0 saturated carbocycles. The minimum absolute atomic E-state index is 0.629. The zero-order valence-electron chi connectivity index (χ0n) is 12.2. The van der Waals surface area contributed by atoms with Gasteiger partial charge in [0.1, 0.15) is 0 Å². The van der Waals surface area contributed by atoms with E-state index in [1.165, 1.54) is 22.6 Å². The first-order chi connectivity index (χ1) is 8.59. The van der Waals surface area contributed by atoms with Gasteiger partial charge >= 0.3 is 0 Å². The van der Waals surface area contributed by atoms with Gasteiger partial charge in [-0.2, -0.15) is 0 Å². The summed E-state index contributed by atoms with van der Waals surface area (Å²) >= 11 is 1.96. The van der Waals surface area contributed by atoms with Crippen molar-refractivity contribution < 1.29 is 0 Å². The van der Waals surface area contributed by atoms with E-state index in [0.717, 1.165) is 19.0 Å². The van der Waals surface area contributed by atoms with Crippen LogP contribution >= 0.6 is 11.8 Å². The van der Waals surface area contributed by atoms with Crippen molar-refractivity contribution in [1.82, 2.24) is 5.32 Å². The second kappa shape index (κ2) is 8.60. The van der Waals surface area contributed by atoms with Crippen LogP contribution in [0.15, 0.2) is 29.2 Å². The Hall–Kier alpha value is -0.470. The lowest BCUT2D eigenvalue weighted by molar-refractivity contribution is 0.552. The Morgan fingerprint density at radius 1 is 1.06 bits per heavy atom. The molecule has 0 aliphatic heterocycles. The highest BCUT2D eigenvalue weighted by atomic mass is 32.2. The topological polar surface area (TPSA) is 12.0 Å². The van der Waals surface area contributed by atoms with E-state index in [2.05, 4.69) is 57.3 Å². The fourth-order valence-corrected chi connectivity index (χ4v) is 2.58. The molecule has 2 heteroatoms. The summed E-state index contributed by atoms with van der Waals surface area (Å²) in [6.45, 7) is 11.2. The number of thioether (sulfide) groups is 1. The van der Waals surface area contributed by atoms with Gasteiger partial charge in [0.15, 0.2) is 0 Å². The predicted molar refractivity (Wildman–Crippen MR) is 83.6 cm³/mol. The van der Waals surface area contributed by atoms with Crippen LogP contribution in [0.5, 0.6) is 0 Å². The van der Waals surface area contributed by atoms with Gasteiger partial charge in [-0.05, 0) is 54.8 Å². The predicted octanol–water partition coefficient (Wildman–Crippen LogP) is 4.54. The Morgan fingerprint density at radius 3 is 2.28 bits per heavy atom. The van der Waals surface area contributed by atoms with Crippen LogP contribution in [0.1, 0.15) is 45.6 Å². The van der Waals surface area contributed by atoms with Crippen molar-refractivity contribution in [1.29, 1.82) is 0 Å². The normalized spacial score (nSPS) is 11.4. The van der Waals surface area contributed by atoms with Crippen LogP contribution < -0.4 is 5.32 Å². The third-order valence-corrected chi connectivity index (χ3v) is 3.96. The first-order valence-electron chi connectivity index (χ1n) is 7.03. The maximum atomic E-state index is 3.48. The molecule has 0 unspecified atom stereocenters. The molecule has 1 rings (SSSR count). The second-order valence-corrected chi connectivity index (χ2v) is 6.69. The Bertz CT molecular complexity index is 316. The van der Waals surface area contributed by atoms with Gasteiger partial charge in [-0.1, -0.05) is 39.8 Å². The molecule has 0 saturated heterocycles. The van der Waals surface area contributed by atoms with Crippen molar-refractivity contribution in [3.8, 4) is 0 Å². The van der Waals surface area contributed by atoms with Crippen LogP contribution in [0.25, 0.3) is 0 Å². The summed E-state index contributed by atoms with van der Waals surface area (Å²) < 4.78 is 0. The van der Waals surface area contributed by atoms with Crippen LogP contribution in [-0.2, 0) is 0 Å². The molecule has 0 aromatic heterocycles. The highest BCUT2D eigenvalue weighted by molar-refractivity contribution is 7.99. The minimum Gasteiger partial charge on any atom is -0.316 e. The number of nitrogens with one attached hydrogen (secondary N) is 1. The highest BCUT2D eigenvalue weighted by Crippen LogP contribution is 2.22. The van der Waals surface area contributed by atoms with Crippen LogP contribution in [0.3, 0.4) is 0 Å². The molecule has 0 aliphatic rings. The molecule has 0 radical (unpaired) electrons. The summed E-state index contributed by atoms with van der Waals surface area (Å²) in [6, 6.07) is 9.01. The Kier molecular flexibility index (Phi) is 7.45. The average molecular weight is 265 g/mol. The van der Waals surface area contributed by atoms with Crippen molar-refractivity contribution in [2.75, 3.05) is 18.8 Å². The molecule has 0 spiro atoms. The summed E-state index contributed by atoms with van der Waals surface area (Å²) in [5.74, 6) is 2.58. The zero-order chi connectivity index (χ0) is 13.4. The quantitative estimate of drug-likeness (QED) is 0.547. The van der Waals surface area contributed by atoms with E-state index in [9.17, 15) is 0 Å². The summed E-state index contributed by atoms with van der Waals surface area (Å²) in [5.41, 5.74) is 1.43. The molecule has 0 atom stereocenters. The van der Waals surface area contributed by atoms with Crippen molar-refractivity contribution in [2.24, 2.45) is 5.92 Å². The molecule has 0 fully saturated rings. The van der Waals surface area contributed by atoms with Crippen LogP contribution in [0.4, 0.5) is 0 Å². The zero-order valence-corrected chi connectivity index (χ0v) is 13.0. The van der Waals surface area contributed by atoms with Gasteiger partial charge in [0.2, 0.25) is 0 Å². The molecular formula is C16H27NS. The Balaban J connectivity index is 2.15. The molecule has 18 heavy (non-hydrogen) atoms. The van der Waals surface area contributed by atoms with Crippen LogP contribution in [0, 0.1) is 5.92 Å². The van der Waals surface area contributed by atoms with Gasteiger partial charge in [0.25, 0.3) is 0 Å². The standard InChI is InChI=1S/C16H27NS/c1-13(2)12-17-10-5-11-18-16-8-6-15(7-9-16)14(3)4/h6-9,13-14,17H,5,10-12H2,1-4H3. The Labute approximate surface area is 117 Å². The smallest absolute Gasteiger partial charge is 0.00721 e. The first kappa shape index (κ1) is 15.6. The van der Waals surface area contributed by atoms with E-state index in [0.29, 0.717) is 5.92 Å². The van der Waals surface area contributed by atoms with Crippen molar-refractivity contribution >= 4 is 11.8 Å². The molecule has 102 valence electrons. The number of hydrogen-bond donors (Lipinski definition) is 1. The molecule has 1 nitrogen and oxygen atoms in total. The average Bonchev–Trinajstić information content (AvgIpc) is 2.34. The summed E-state index contributed by atoms with van der Waals surface area (Å²) in [5, 5.41) is 3.48. The fourth-order valence-electron chi connectivity index (χ4n) is 1.73. The molecule has 1 aromatic carbocycles. The maximum Gasteiger partial charge on any atom is 0.00721 e. The lowest BCUT2D eigenvalue weighted by Crippen LogP contribution is -2.21. The third kappa shape index (κ3) is 6.46. The van der Waals surface area contributed by atoms with Crippen molar-refractivity contribution in [2.45, 2.75) is 44.9 Å². The van der Waals surface area contributed by atoms with Gasteiger partial charge in [0, 0.05) is 4.90 Å². The van der Waals surface area contributed by atoms with Crippen LogP contribution in [-0.4, -0.2) is 18.8 Å². The fraction of sp³-hybridized carbons (Fsp3) is 0.625. The van der Waals surface area contributed by atoms with Crippen molar-refractivity contribution in [3.05, 3.63) is 29.8 Å². The molecule has 0 bridgehead atoms. The second-order valence-electron chi connectivity index (χ2n) is 5.52. The number of hydrogen-bond acceptors (Lipinski definition) is 2. The van der Waals surface area contributed by atoms with E-state index in [4.69, 9.17) is 0 Å². The van der Waals surface area contributed by atoms with E-state index >= 15 is 0 Å². The van der Waals surface area contributed by atoms with E-state index in [-0.39, 0.29) is 0 Å². The van der Waals surface area contributed by atoms with Crippen molar-refractivity contribution in [3.63, 3.8) is 0 Å². The SMILES string of the molecule is CC(C)CNCCCSc1ccc(C(C)C)cc1. The largest absolute Gasteiger partial charge is 0.316 e.